The molecule has 9 heteroatoms. The predicted octanol–water partition coefficient (Wildman–Crippen LogP) is 3.66. The van der Waals surface area contributed by atoms with E-state index in [0.717, 1.165) is 41.6 Å². The van der Waals surface area contributed by atoms with Gasteiger partial charge in [-0.05, 0) is 18.6 Å². The molecule has 0 saturated heterocycles. The van der Waals surface area contributed by atoms with Crippen molar-refractivity contribution in [2.45, 2.75) is 38.8 Å². The van der Waals surface area contributed by atoms with Crippen molar-refractivity contribution in [2.75, 3.05) is 11.9 Å². The molecule has 0 aromatic carbocycles. The van der Waals surface area contributed by atoms with E-state index in [2.05, 4.69) is 22.2 Å². The lowest BCUT2D eigenvalue weighted by molar-refractivity contribution is 0.524. The Morgan fingerprint density at radius 3 is 2.88 bits per heavy atom. The SMILES string of the molecule is CCCCC(N)CN=CNc1nc(-c2ccc(CN)o2)cs1.Cl.Cl. The summed E-state index contributed by atoms with van der Waals surface area (Å²) in [6, 6.07) is 3.87. The summed E-state index contributed by atoms with van der Waals surface area (Å²) in [6.45, 7) is 3.18. The topological polar surface area (TPSA) is 102 Å². The molecule has 136 valence electrons. The second-order valence-corrected chi connectivity index (χ2v) is 5.91. The Morgan fingerprint density at radius 1 is 1.42 bits per heavy atom. The molecular weight excluding hydrogens is 369 g/mol. The van der Waals surface area contributed by atoms with E-state index in [0.29, 0.717) is 13.1 Å². The van der Waals surface area contributed by atoms with Crippen LogP contribution in [0, 0.1) is 0 Å². The van der Waals surface area contributed by atoms with Crippen molar-refractivity contribution in [3.05, 3.63) is 23.3 Å². The van der Waals surface area contributed by atoms with Crippen LogP contribution in [0.5, 0.6) is 0 Å². The van der Waals surface area contributed by atoms with Gasteiger partial charge in [0.25, 0.3) is 0 Å². The molecule has 0 radical (unpaired) electrons. The second-order valence-electron chi connectivity index (χ2n) is 5.05. The summed E-state index contributed by atoms with van der Waals surface area (Å²) in [5.41, 5.74) is 12.3. The zero-order chi connectivity index (χ0) is 15.8. The number of unbranched alkanes of at least 4 members (excludes halogenated alkanes) is 1. The van der Waals surface area contributed by atoms with E-state index >= 15 is 0 Å². The van der Waals surface area contributed by atoms with Gasteiger partial charge in [0.15, 0.2) is 10.9 Å². The van der Waals surface area contributed by atoms with Gasteiger partial charge in [0.1, 0.15) is 11.5 Å². The zero-order valence-electron chi connectivity index (χ0n) is 13.6. The van der Waals surface area contributed by atoms with Gasteiger partial charge in [0.2, 0.25) is 0 Å². The van der Waals surface area contributed by atoms with E-state index < -0.39 is 0 Å². The van der Waals surface area contributed by atoms with Crippen LogP contribution < -0.4 is 16.8 Å². The minimum atomic E-state index is 0. The van der Waals surface area contributed by atoms with E-state index in [1.807, 2.05) is 17.5 Å². The minimum Gasteiger partial charge on any atom is -0.458 e. The van der Waals surface area contributed by atoms with Gasteiger partial charge >= 0.3 is 0 Å². The number of nitrogens with zero attached hydrogens (tertiary/aromatic N) is 2. The molecule has 0 aliphatic rings. The summed E-state index contributed by atoms with van der Waals surface area (Å²) in [6.07, 6.45) is 4.98. The molecule has 2 rings (SSSR count). The molecule has 0 aliphatic heterocycles. The Balaban J connectivity index is 0.00000264. The van der Waals surface area contributed by atoms with Gasteiger partial charge in [-0.2, -0.15) is 0 Å². The molecule has 2 aromatic heterocycles. The van der Waals surface area contributed by atoms with Crippen molar-refractivity contribution in [1.29, 1.82) is 0 Å². The Hall–Kier alpha value is -1.12. The summed E-state index contributed by atoms with van der Waals surface area (Å²) >= 11 is 1.50. The summed E-state index contributed by atoms with van der Waals surface area (Å²) in [4.78, 5) is 8.73. The highest BCUT2D eigenvalue weighted by Crippen LogP contribution is 2.26. The maximum absolute atomic E-state index is 5.96. The molecule has 0 spiro atoms. The first kappa shape index (κ1) is 22.9. The van der Waals surface area contributed by atoms with Gasteiger partial charge < -0.3 is 21.2 Å². The molecule has 1 unspecified atom stereocenters. The number of nitrogens with one attached hydrogen (secondary N) is 1. The van der Waals surface area contributed by atoms with Crippen LogP contribution in [0.25, 0.3) is 11.5 Å². The third-order valence-corrected chi connectivity index (χ3v) is 3.94. The van der Waals surface area contributed by atoms with Crippen molar-refractivity contribution in [3.63, 3.8) is 0 Å². The van der Waals surface area contributed by atoms with Gasteiger partial charge in [0, 0.05) is 11.4 Å². The van der Waals surface area contributed by atoms with Crippen LogP contribution in [-0.4, -0.2) is 23.9 Å². The maximum atomic E-state index is 5.96. The van der Waals surface area contributed by atoms with Gasteiger partial charge in [-0.3, -0.25) is 4.99 Å². The summed E-state index contributed by atoms with van der Waals surface area (Å²) in [7, 11) is 0. The number of furan rings is 1. The Morgan fingerprint density at radius 2 is 2.21 bits per heavy atom. The van der Waals surface area contributed by atoms with Crippen LogP contribution in [0.15, 0.2) is 26.9 Å². The number of hydrogen-bond acceptors (Lipinski definition) is 6. The standard InChI is InChI=1S/C15H23N5OS.2ClH/c1-2-3-4-11(17)8-18-10-19-15-20-13(9-22-15)14-6-5-12(7-16)21-14;;/h5-6,9-11H,2-4,7-8,16-17H2,1H3,(H,18,19,20);2*1H. The highest BCUT2D eigenvalue weighted by molar-refractivity contribution is 7.14. The number of aliphatic imine (C=N–C) groups is 1. The van der Waals surface area contributed by atoms with Crippen LogP contribution in [0.1, 0.15) is 31.9 Å². The molecule has 2 heterocycles. The van der Waals surface area contributed by atoms with Gasteiger partial charge in [0.05, 0.1) is 19.4 Å². The highest BCUT2D eigenvalue weighted by Gasteiger charge is 2.08. The zero-order valence-corrected chi connectivity index (χ0v) is 16.1. The van der Waals surface area contributed by atoms with Crippen molar-refractivity contribution < 1.29 is 4.42 Å². The lowest BCUT2D eigenvalue weighted by atomic mass is 10.1. The van der Waals surface area contributed by atoms with Crippen molar-refractivity contribution in [1.82, 2.24) is 4.98 Å². The van der Waals surface area contributed by atoms with Gasteiger partial charge in [-0.25, -0.2) is 4.98 Å². The van der Waals surface area contributed by atoms with E-state index in [4.69, 9.17) is 15.9 Å². The predicted molar refractivity (Wildman–Crippen MR) is 107 cm³/mol. The maximum Gasteiger partial charge on any atom is 0.188 e. The normalized spacial score (nSPS) is 11.8. The van der Waals surface area contributed by atoms with Crippen LogP contribution >= 0.6 is 36.2 Å². The molecule has 1 atom stereocenters. The second kappa shape index (κ2) is 12.3. The molecule has 0 fully saturated rings. The lowest BCUT2D eigenvalue weighted by Gasteiger charge is -2.06. The number of halogens is 2. The van der Waals surface area contributed by atoms with E-state index in [1.54, 1.807) is 6.34 Å². The fourth-order valence-corrected chi connectivity index (χ4v) is 2.59. The van der Waals surface area contributed by atoms with Crippen LogP contribution in [0.2, 0.25) is 0 Å². The third-order valence-electron chi connectivity index (χ3n) is 3.17. The fraction of sp³-hybridized carbons (Fsp3) is 0.467. The molecule has 5 N–H and O–H groups in total. The van der Waals surface area contributed by atoms with Crippen LogP contribution in [0.4, 0.5) is 5.13 Å². The highest BCUT2D eigenvalue weighted by atomic mass is 35.5. The van der Waals surface area contributed by atoms with Crippen molar-refractivity contribution >= 4 is 47.6 Å². The third kappa shape index (κ3) is 7.19. The van der Waals surface area contributed by atoms with E-state index in [-0.39, 0.29) is 30.9 Å². The number of nitrogens with two attached hydrogens (primary N) is 2. The lowest BCUT2D eigenvalue weighted by Crippen LogP contribution is -2.23. The Bertz CT molecular complexity index is 602. The molecule has 0 bridgehead atoms. The molecule has 6 nitrogen and oxygen atoms in total. The molecule has 24 heavy (non-hydrogen) atoms. The summed E-state index contributed by atoms with van der Waals surface area (Å²) < 4.78 is 5.57. The Labute approximate surface area is 158 Å². The first-order valence-electron chi connectivity index (χ1n) is 7.48. The monoisotopic (exact) mass is 393 g/mol. The molecule has 0 aliphatic carbocycles. The molecule has 2 aromatic rings. The largest absolute Gasteiger partial charge is 0.458 e. The van der Waals surface area contributed by atoms with Crippen LogP contribution in [0.3, 0.4) is 0 Å². The average Bonchev–Trinajstić information content (AvgIpc) is 3.18. The van der Waals surface area contributed by atoms with Gasteiger partial charge in [-0.15, -0.1) is 36.2 Å². The van der Waals surface area contributed by atoms with Gasteiger partial charge in [-0.1, -0.05) is 19.8 Å². The summed E-state index contributed by atoms with van der Waals surface area (Å²) in [5, 5.41) is 5.76. The minimum absolute atomic E-state index is 0. The first-order chi connectivity index (χ1) is 10.7. The first-order valence-corrected chi connectivity index (χ1v) is 8.36. The number of rotatable bonds is 9. The molecular formula is C15H25Cl2N5OS. The van der Waals surface area contributed by atoms with E-state index in [9.17, 15) is 0 Å². The van der Waals surface area contributed by atoms with Crippen LogP contribution in [-0.2, 0) is 6.54 Å². The fourth-order valence-electron chi connectivity index (χ4n) is 1.93. The average molecular weight is 394 g/mol. The van der Waals surface area contributed by atoms with Crippen molar-refractivity contribution in [2.24, 2.45) is 16.5 Å². The van der Waals surface area contributed by atoms with Crippen molar-refractivity contribution in [3.8, 4) is 11.5 Å². The molecule has 0 saturated carbocycles. The smallest absolute Gasteiger partial charge is 0.188 e. The molecule has 0 amide bonds. The summed E-state index contributed by atoms with van der Waals surface area (Å²) in [5.74, 6) is 1.48. The Kier molecular flexibility index (Phi) is 11.7. The number of aromatic nitrogens is 1. The quantitative estimate of drug-likeness (QED) is 0.445. The number of hydrogen-bond donors (Lipinski definition) is 3. The number of anilines is 1. The number of thiazole rings is 1. The van der Waals surface area contributed by atoms with E-state index in [1.165, 1.54) is 11.3 Å².